The number of benzene rings is 1. The standard InChI is InChI=1S/C10H5ClF3NO3/c11-3-5-1-6(18-10(12,13)14)2-7(9(16)17)8(5)4-15/h1-2H,3H2,(H,16,17). The second kappa shape index (κ2) is 5.14. The number of halogens is 4. The average molecular weight is 280 g/mol. The molecule has 0 atom stereocenters. The quantitative estimate of drug-likeness (QED) is 0.864. The van der Waals surface area contributed by atoms with E-state index in [0.717, 1.165) is 6.07 Å². The van der Waals surface area contributed by atoms with Crippen LogP contribution in [0, 0.1) is 11.3 Å². The minimum absolute atomic E-state index is 0.0432. The number of hydrogen-bond acceptors (Lipinski definition) is 3. The van der Waals surface area contributed by atoms with E-state index >= 15 is 0 Å². The molecule has 0 unspecified atom stereocenters. The summed E-state index contributed by atoms with van der Waals surface area (Å²) in [5.41, 5.74) is -0.916. The molecule has 4 nitrogen and oxygen atoms in total. The first-order valence-corrected chi connectivity index (χ1v) is 4.94. The number of ether oxygens (including phenoxy) is 1. The predicted molar refractivity (Wildman–Crippen MR) is 54.4 cm³/mol. The van der Waals surface area contributed by atoms with Crippen LogP contribution < -0.4 is 4.74 Å². The third-order valence-corrected chi connectivity index (χ3v) is 2.20. The van der Waals surface area contributed by atoms with Gasteiger partial charge in [-0.3, -0.25) is 0 Å². The zero-order valence-electron chi connectivity index (χ0n) is 8.58. The number of carbonyl (C=O) groups is 1. The van der Waals surface area contributed by atoms with Gasteiger partial charge in [0.1, 0.15) is 11.8 Å². The van der Waals surface area contributed by atoms with E-state index in [9.17, 15) is 18.0 Å². The lowest BCUT2D eigenvalue weighted by Crippen LogP contribution is -2.18. The number of hydrogen-bond donors (Lipinski definition) is 1. The lowest BCUT2D eigenvalue weighted by molar-refractivity contribution is -0.274. The number of nitriles is 1. The van der Waals surface area contributed by atoms with Crippen LogP contribution in [0.25, 0.3) is 0 Å². The van der Waals surface area contributed by atoms with Gasteiger partial charge in [0.15, 0.2) is 0 Å². The lowest BCUT2D eigenvalue weighted by atomic mass is 10.0. The van der Waals surface area contributed by atoms with Crippen molar-refractivity contribution in [1.82, 2.24) is 0 Å². The molecule has 0 spiro atoms. The summed E-state index contributed by atoms with van der Waals surface area (Å²) < 4.78 is 39.7. The summed E-state index contributed by atoms with van der Waals surface area (Å²) in [5, 5.41) is 17.6. The summed E-state index contributed by atoms with van der Waals surface area (Å²) in [7, 11) is 0. The smallest absolute Gasteiger partial charge is 0.478 e. The fourth-order valence-corrected chi connectivity index (χ4v) is 1.48. The van der Waals surface area contributed by atoms with E-state index in [1.54, 1.807) is 6.07 Å². The maximum atomic E-state index is 12.0. The number of rotatable bonds is 3. The van der Waals surface area contributed by atoms with Gasteiger partial charge >= 0.3 is 12.3 Å². The van der Waals surface area contributed by atoms with Crippen LogP contribution in [-0.4, -0.2) is 17.4 Å². The molecular weight excluding hydrogens is 275 g/mol. The molecule has 0 amide bonds. The van der Waals surface area contributed by atoms with Crippen molar-refractivity contribution in [3.05, 3.63) is 28.8 Å². The Hall–Kier alpha value is -1.94. The molecule has 1 rings (SSSR count). The van der Waals surface area contributed by atoms with Gasteiger partial charge in [-0.2, -0.15) is 5.26 Å². The molecule has 0 aromatic heterocycles. The van der Waals surface area contributed by atoms with E-state index in [0.29, 0.717) is 6.07 Å². The van der Waals surface area contributed by atoms with Gasteiger partial charge in [0.05, 0.1) is 11.1 Å². The Balaban J connectivity index is 3.38. The summed E-state index contributed by atoms with van der Waals surface area (Å²) in [6.07, 6.45) is -4.95. The molecule has 1 aromatic carbocycles. The van der Waals surface area contributed by atoms with E-state index in [2.05, 4.69) is 4.74 Å². The third kappa shape index (κ3) is 3.28. The zero-order chi connectivity index (χ0) is 13.9. The molecule has 0 radical (unpaired) electrons. The first-order chi connectivity index (χ1) is 8.28. The zero-order valence-corrected chi connectivity index (χ0v) is 9.34. The van der Waals surface area contributed by atoms with Crippen molar-refractivity contribution in [2.45, 2.75) is 12.2 Å². The van der Waals surface area contributed by atoms with E-state index in [1.165, 1.54) is 0 Å². The highest BCUT2D eigenvalue weighted by molar-refractivity contribution is 6.17. The Morgan fingerprint density at radius 3 is 2.50 bits per heavy atom. The first kappa shape index (κ1) is 14.1. The van der Waals surface area contributed by atoms with Gasteiger partial charge in [0.2, 0.25) is 0 Å². The Bertz CT molecular complexity index is 522. The summed E-state index contributed by atoms with van der Waals surface area (Å²) in [4.78, 5) is 10.8. The fourth-order valence-electron chi connectivity index (χ4n) is 1.27. The molecule has 0 aliphatic carbocycles. The summed E-state index contributed by atoms with van der Waals surface area (Å²) in [6.45, 7) is 0. The molecule has 96 valence electrons. The Morgan fingerprint density at radius 2 is 2.11 bits per heavy atom. The summed E-state index contributed by atoms with van der Waals surface area (Å²) in [5.74, 6) is -2.57. The highest BCUT2D eigenvalue weighted by Crippen LogP contribution is 2.28. The van der Waals surface area contributed by atoms with Gasteiger partial charge in [0.25, 0.3) is 0 Å². The van der Waals surface area contributed by atoms with Crippen LogP contribution in [0.5, 0.6) is 5.75 Å². The normalized spacial score (nSPS) is 10.8. The number of nitrogens with zero attached hydrogens (tertiary/aromatic N) is 1. The lowest BCUT2D eigenvalue weighted by Gasteiger charge is -2.12. The van der Waals surface area contributed by atoms with E-state index in [-0.39, 0.29) is 17.0 Å². The molecule has 0 aliphatic rings. The summed E-state index contributed by atoms with van der Waals surface area (Å²) >= 11 is 5.45. The monoisotopic (exact) mass is 279 g/mol. The van der Waals surface area contributed by atoms with Crippen molar-refractivity contribution < 1.29 is 27.8 Å². The first-order valence-electron chi connectivity index (χ1n) is 4.40. The number of alkyl halides is 4. The van der Waals surface area contributed by atoms with Gasteiger partial charge in [0, 0.05) is 5.88 Å². The van der Waals surface area contributed by atoms with Crippen molar-refractivity contribution in [1.29, 1.82) is 5.26 Å². The molecule has 1 N–H and O–H groups in total. The van der Waals surface area contributed by atoms with Crippen LogP contribution in [0.15, 0.2) is 12.1 Å². The minimum Gasteiger partial charge on any atom is -0.478 e. The van der Waals surface area contributed by atoms with Gasteiger partial charge < -0.3 is 9.84 Å². The van der Waals surface area contributed by atoms with E-state index in [4.69, 9.17) is 22.0 Å². The van der Waals surface area contributed by atoms with Crippen LogP contribution in [-0.2, 0) is 5.88 Å². The van der Waals surface area contributed by atoms with Crippen molar-refractivity contribution in [3.8, 4) is 11.8 Å². The number of carboxylic acid groups (broad SMARTS) is 1. The van der Waals surface area contributed by atoms with Crippen molar-refractivity contribution in [2.75, 3.05) is 0 Å². The van der Waals surface area contributed by atoms with Gasteiger partial charge in [-0.1, -0.05) is 0 Å². The average Bonchev–Trinajstić information content (AvgIpc) is 2.25. The van der Waals surface area contributed by atoms with Gasteiger partial charge in [-0.15, -0.1) is 24.8 Å². The van der Waals surface area contributed by atoms with Crippen LogP contribution in [0.2, 0.25) is 0 Å². The molecule has 1 aromatic rings. The van der Waals surface area contributed by atoms with Gasteiger partial charge in [-0.25, -0.2) is 4.79 Å². The van der Waals surface area contributed by atoms with Crippen molar-refractivity contribution in [2.24, 2.45) is 0 Å². The molecule has 0 saturated carbocycles. The molecular formula is C10H5ClF3NO3. The summed E-state index contributed by atoms with van der Waals surface area (Å²) in [6, 6.07) is 3.09. The Kier molecular flexibility index (Phi) is 4.03. The molecule has 18 heavy (non-hydrogen) atoms. The molecule has 0 fully saturated rings. The van der Waals surface area contributed by atoms with Crippen LogP contribution in [0.4, 0.5) is 13.2 Å². The largest absolute Gasteiger partial charge is 0.573 e. The van der Waals surface area contributed by atoms with Crippen LogP contribution in [0.1, 0.15) is 21.5 Å². The molecule has 0 heterocycles. The Morgan fingerprint density at radius 1 is 1.50 bits per heavy atom. The third-order valence-electron chi connectivity index (χ3n) is 1.91. The predicted octanol–water partition coefficient (Wildman–Crippen LogP) is 2.89. The minimum atomic E-state index is -4.95. The highest BCUT2D eigenvalue weighted by atomic mass is 35.5. The maximum Gasteiger partial charge on any atom is 0.573 e. The van der Waals surface area contributed by atoms with E-state index < -0.39 is 23.6 Å². The highest BCUT2D eigenvalue weighted by Gasteiger charge is 2.32. The van der Waals surface area contributed by atoms with Gasteiger partial charge in [-0.05, 0) is 17.7 Å². The SMILES string of the molecule is N#Cc1c(CCl)cc(OC(F)(F)F)cc1C(=O)O. The van der Waals surface area contributed by atoms with Crippen molar-refractivity contribution in [3.63, 3.8) is 0 Å². The van der Waals surface area contributed by atoms with E-state index in [1.807, 2.05) is 0 Å². The molecule has 8 heteroatoms. The van der Waals surface area contributed by atoms with Crippen LogP contribution >= 0.6 is 11.6 Å². The fraction of sp³-hybridized carbons (Fsp3) is 0.200. The number of carboxylic acids is 1. The maximum absolute atomic E-state index is 12.0. The molecule has 0 bridgehead atoms. The molecule has 0 aliphatic heterocycles. The topological polar surface area (TPSA) is 70.3 Å². The second-order valence-electron chi connectivity index (χ2n) is 3.10. The van der Waals surface area contributed by atoms with Crippen molar-refractivity contribution >= 4 is 17.6 Å². The second-order valence-corrected chi connectivity index (χ2v) is 3.37. The Labute approximate surface area is 104 Å². The van der Waals surface area contributed by atoms with Crippen LogP contribution in [0.3, 0.4) is 0 Å². The number of aromatic carboxylic acids is 1. The molecule has 0 saturated heterocycles.